The highest BCUT2D eigenvalue weighted by atomic mass is 15.5. The molecule has 0 aliphatic carbocycles. The van der Waals surface area contributed by atoms with Gasteiger partial charge in [-0.2, -0.15) is 0 Å². The van der Waals surface area contributed by atoms with Crippen LogP contribution in [0.15, 0.2) is 109 Å². The average Bonchev–Trinajstić information content (AvgIpc) is 3.80. The fraction of sp³-hybridized carbons (Fsp3) is 0.152. The van der Waals surface area contributed by atoms with Crippen molar-refractivity contribution in [1.29, 1.82) is 0 Å². The van der Waals surface area contributed by atoms with Gasteiger partial charge in [0.15, 0.2) is 0 Å². The van der Waals surface area contributed by atoms with Crippen LogP contribution >= 0.6 is 0 Å². The van der Waals surface area contributed by atoms with Crippen LogP contribution in [0.2, 0.25) is 0 Å². The van der Waals surface area contributed by atoms with Crippen LogP contribution in [0.1, 0.15) is 24.4 Å². The fourth-order valence-electron chi connectivity index (χ4n) is 6.13. The van der Waals surface area contributed by atoms with Crippen LogP contribution in [-0.4, -0.2) is 39.1 Å². The summed E-state index contributed by atoms with van der Waals surface area (Å²) < 4.78 is 8.47. The minimum absolute atomic E-state index is 0.0668. The molecule has 0 saturated heterocycles. The number of benzene rings is 4. The van der Waals surface area contributed by atoms with Crippen LogP contribution in [0.4, 0.5) is 0 Å². The monoisotopic (exact) mass is 536 g/mol. The Morgan fingerprint density at radius 2 is 0.951 bits per heavy atom. The summed E-state index contributed by atoms with van der Waals surface area (Å²) in [6.45, 7) is 4.10. The number of para-hydroxylation sites is 4. The molecule has 0 radical (unpaired) electrons. The van der Waals surface area contributed by atoms with E-state index in [1.54, 1.807) is 0 Å². The van der Waals surface area contributed by atoms with Gasteiger partial charge in [0.05, 0.1) is 38.1 Å². The van der Waals surface area contributed by atoms with Gasteiger partial charge in [-0.1, -0.05) is 83.2 Å². The van der Waals surface area contributed by atoms with Crippen molar-refractivity contribution in [2.45, 2.75) is 32.6 Å². The lowest BCUT2D eigenvalue weighted by Crippen LogP contribution is -2.14. The summed E-state index contributed by atoms with van der Waals surface area (Å²) in [4.78, 5) is 0. The van der Waals surface area contributed by atoms with Gasteiger partial charge in [0, 0.05) is 43.6 Å². The van der Waals surface area contributed by atoms with Gasteiger partial charge in [0.2, 0.25) is 0 Å². The molecule has 8 rings (SSSR count). The molecule has 4 heterocycles. The first kappa shape index (κ1) is 23.6. The Bertz CT molecular complexity index is 2070. The topological polar surface area (TPSA) is 71.3 Å². The highest BCUT2D eigenvalue weighted by molar-refractivity contribution is 6.08. The number of aromatic nitrogens is 8. The highest BCUT2D eigenvalue weighted by Crippen LogP contribution is 2.30. The van der Waals surface area contributed by atoms with Crippen molar-refractivity contribution in [2.75, 3.05) is 0 Å². The molecule has 1 atom stereocenters. The Morgan fingerprint density at radius 3 is 1.44 bits per heavy atom. The van der Waals surface area contributed by atoms with E-state index in [1.165, 1.54) is 43.6 Å². The molecule has 0 N–H and O–H groups in total. The van der Waals surface area contributed by atoms with E-state index >= 15 is 0 Å². The van der Waals surface area contributed by atoms with Gasteiger partial charge < -0.3 is 9.13 Å². The SMILES string of the molecule is CC(Cn1cc(Cn2c3ccccc3c3ccccc32)nn1)n1cc(Cn2c3ccccc3c3ccccc32)nn1. The average molecular weight is 537 g/mol. The molecule has 0 aliphatic heterocycles. The number of hydrogen-bond donors (Lipinski definition) is 0. The second-order valence-electron chi connectivity index (χ2n) is 10.7. The number of hydrogen-bond acceptors (Lipinski definition) is 4. The standard InChI is InChI=1S/C33H28N8/c1-23(41-22-25(35-37-41)21-40-32-16-8-4-12-28(32)29-13-5-9-17-33(29)40)18-38-19-24(34-36-38)20-39-30-14-6-2-10-26(30)27-11-3-7-15-31(27)39/h2-17,19,22-23H,18,20-21H2,1H3. The largest absolute Gasteiger partial charge is 0.334 e. The van der Waals surface area contributed by atoms with Gasteiger partial charge in [-0.25, -0.2) is 4.68 Å². The van der Waals surface area contributed by atoms with Crippen molar-refractivity contribution in [3.8, 4) is 0 Å². The first-order chi connectivity index (χ1) is 20.2. The molecule has 0 amide bonds. The minimum Gasteiger partial charge on any atom is -0.334 e. The predicted molar refractivity (Wildman–Crippen MR) is 162 cm³/mol. The number of nitrogens with zero attached hydrogens (tertiary/aromatic N) is 8. The van der Waals surface area contributed by atoms with E-state index in [0.717, 1.165) is 11.4 Å². The van der Waals surface area contributed by atoms with E-state index in [4.69, 9.17) is 0 Å². The molecule has 200 valence electrons. The smallest absolute Gasteiger partial charge is 0.102 e. The van der Waals surface area contributed by atoms with Crippen molar-refractivity contribution in [3.05, 3.63) is 121 Å². The van der Waals surface area contributed by atoms with Crippen LogP contribution in [0.25, 0.3) is 43.6 Å². The Kier molecular flexibility index (Phi) is 5.44. The van der Waals surface area contributed by atoms with Gasteiger partial charge in [-0.15, -0.1) is 10.2 Å². The second kappa shape index (κ2) is 9.45. The van der Waals surface area contributed by atoms with Crippen LogP contribution < -0.4 is 0 Å². The molecular formula is C33H28N8. The van der Waals surface area contributed by atoms with E-state index in [1.807, 2.05) is 21.8 Å². The van der Waals surface area contributed by atoms with Crippen LogP contribution in [-0.2, 0) is 19.6 Å². The Balaban J connectivity index is 1.02. The van der Waals surface area contributed by atoms with Crippen molar-refractivity contribution in [1.82, 2.24) is 39.1 Å². The fourth-order valence-corrected chi connectivity index (χ4v) is 6.13. The normalized spacial score (nSPS) is 12.7. The summed E-state index contributed by atoms with van der Waals surface area (Å²) in [7, 11) is 0. The third-order valence-electron chi connectivity index (χ3n) is 8.05. The van der Waals surface area contributed by atoms with Crippen molar-refractivity contribution in [2.24, 2.45) is 0 Å². The van der Waals surface area contributed by atoms with Gasteiger partial charge in [-0.3, -0.25) is 4.68 Å². The Morgan fingerprint density at radius 1 is 0.537 bits per heavy atom. The first-order valence-corrected chi connectivity index (χ1v) is 13.9. The summed E-state index contributed by atoms with van der Waals surface area (Å²) in [5.41, 5.74) is 6.66. The van der Waals surface area contributed by atoms with Crippen LogP contribution in [0.5, 0.6) is 0 Å². The molecular weight excluding hydrogens is 508 g/mol. The van der Waals surface area contributed by atoms with E-state index in [2.05, 4.69) is 134 Å². The molecule has 0 saturated carbocycles. The molecule has 8 heteroatoms. The van der Waals surface area contributed by atoms with Gasteiger partial charge >= 0.3 is 0 Å². The molecule has 8 nitrogen and oxygen atoms in total. The zero-order valence-electron chi connectivity index (χ0n) is 22.7. The van der Waals surface area contributed by atoms with Gasteiger partial charge in [0.25, 0.3) is 0 Å². The second-order valence-corrected chi connectivity index (χ2v) is 10.7. The molecule has 0 aliphatic rings. The van der Waals surface area contributed by atoms with Crippen molar-refractivity contribution in [3.63, 3.8) is 0 Å². The van der Waals surface area contributed by atoms with E-state index in [-0.39, 0.29) is 6.04 Å². The van der Waals surface area contributed by atoms with Crippen LogP contribution in [0, 0.1) is 0 Å². The zero-order chi connectivity index (χ0) is 27.3. The lowest BCUT2D eigenvalue weighted by Gasteiger charge is -2.10. The summed E-state index contributed by atoms with van der Waals surface area (Å²) in [5, 5.41) is 23.0. The molecule has 1 unspecified atom stereocenters. The van der Waals surface area contributed by atoms with Gasteiger partial charge in [-0.05, 0) is 31.2 Å². The highest BCUT2D eigenvalue weighted by Gasteiger charge is 2.15. The van der Waals surface area contributed by atoms with Gasteiger partial charge in [0.1, 0.15) is 11.4 Å². The molecule has 0 fully saturated rings. The first-order valence-electron chi connectivity index (χ1n) is 13.9. The summed E-state index contributed by atoms with van der Waals surface area (Å²) >= 11 is 0. The third kappa shape index (κ3) is 3.98. The quantitative estimate of drug-likeness (QED) is 0.235. The van der Waals surface area contributed by atoms with Crippen molar-refractivity contribution >= 4 is 43.6 Å². The molecule has 4 aromatic carbocycles. The predicted octanol–water partition coefficient (Wildman–Crippen LogP) is 6.44. The Hall–Kier alpha value is -5.24. The lowest BCUT2D eigenvalue weighted by molar-refractivity contribution is 0.392. The molecule has 41 heavy (non-hydrogen) atoms. The molecule has 0 bridgehead atoms. The third-order valence-corrected chi connectivity index (χ3v) is 8.05. The number of rotatable bonds is 7. The van der Waals surface area contributed by atoms with Crippen LogP contribution in [0.3, 0.4) is 0 Å². The maximum atomic E-state index is 4.52. The van der Waals surface area contributed by atoms with Crippen molar-refractivity contribution < 1.29 is 0 Å². The molecule has 0 spiro atoms. The lowest BCUT2D eigenvalue weighted by atomic mass is 10.2. The molecule has 8 aromatic rings. The summed E-state index contributed by atoms with van der Waals surface area (Å²) in [5.74, 6) is 0. The maximum absolute atomic E-state index is 4.52. The zero-order valence-corrected chi connectivity index (χ0v) is 22.7. The summed E-state index contributed by atoms with van der Waals surface area (Å²) in [6.07, 6.45) is 4.08. The van der Waals surface area contributed by atoms with E-state index in [0.29, 0.717) is 19.6 Å². The van der Waals surface area contributed by atoms with E-state index in [9.17, 15) is 0 Å². The molecule has 4 aromatic heterocycles. The maximum Gasteiger partial charge on any atom is 0.102 e. The Labute approximate surface area is 236 Å². The minimum atomic E-state index is 0.0668. The summed E-state index contributed by atoms with van der Waals surface area (Å²) in [6, 6.07) is 34.2. The number of fused-ring (bicyclic) bond motifs is 6. The van der Waals surface area contributed by atoms with E-state index < -0.39 is 0 Å².